The van der Waals surface area contributed by atoms with Crippen LogP contribution in [0.3, 0.4) is 0 Å². The third-order valence-electron chi connectivity index (χ3n) is 5.50. The van der Waals surface area contributed by atoms with Gasteiger partial charge in [0.2, 0.25) is 5.91 Å². The van der Waals surface area contributed by atoms with Gasteiger partial charge in [-0.15, -0.1) is 0 Å². The van der Waals surface area contributed by atoms with Crippen LogP contribution in [0.25, 0.3) is 0 Å². The molecule has 2 amide bonds. The minimum atomic E-state index is -0.454. The molecule has 0 aromatic carbocycles. The van der Waals surface area contributed by atoms with Crippen molar-refractivity contribution >= 4 is 11.8 Å². The smallest absolute Gasteiger partial charge is 0.289 e. The molecular weight excluding hydrogens is 330 g/mol. The first kappa shape index (κ1) is 16.8. The maximum absolute atomic E-state index is 13.2. The van der Waals surface area contributed by atoms with Crippen molar-refractivity contribution in [2.24, 2.45) is 5.41 Å². The van der Waals surface area contributed by atoms with Crippen LogP contribution in [0.1, 0.15) is 41.2 Å². The molecule has 0 radical (unpaired) electrons. The topological polar surface area (TPSA) is 66.7 Å². The molecule has 1 unspecified atom stereocenters. The molecular formula is C20H23N3O3. The number of hydrogen-bond acceptors (Lipinski definition) is 4. The zero-order valence-electron chi connectivity index (χ0n) is 15.0. The summed E-state index contributed by atoms with van der Waals surface area (Å²) in [7, 11) is 0. The Hall–Kier alpha value is -2.63. The molecule has 0 saturated carbocycles. The second-order valence-corrected chi connectivity index (χ2v) is 7.33. The quantitative estimate of drug-likeness (QED) is 0.851. The monoisotopic (exact) mass is 353 g/mol. The highest BCUT2D eigenvalue weighted by molar-refractivity contribution is 5.93. The average Bonchev–Trinajstić information content (AvgIpc) is 3.27. The number of carbonyl (C=O) groups excluding carboxylic acids is 2. The lowest BCUT2D eigenvalue weighted by Crippen LogP contribution is -2.49. The first-order chi connectivity index (χ1) is 12.6. The van der Waals surface area contributed by atoms with Crippen molar-refractivity contribution in [1.82, 2.24) is 14.8 Å². The molecule has 4 rings (SSSR count). The van der Waals surface area contributed by atoms with Crippen molar-refractivity contribution in [3.05, 3.63) is 53.7 Å². The number of piperidine rings is 1. The summed E-state index contributed by atoms with van der Waals surface area (Å²) in [5.74, 6) is 0.367. The van der Waals surface area contributed by atoms with E-state index in [1.807, 2.05) is 30.0 Å². The predicted molar refractivity (Wildman–Crippen MR) is 95.3 cm³/mol. The highest BCUT2D eigenvalue weighted by Gasteiger charge is 2.49. The first-order valence-electron chi connectivity index (χ1n) is 9.12. The van der Waals surface area contributed by atoms with Crippen molar-refractivity contribution in [2.45, 2.75) is 32.7 Å². The summed E-state index contributed by atoms with van der Waals surface area (Å²) in [5.41, 5.74) is 1.41. The van der Waals surface area contributed by atoms with Crippen LogP contribution in [0.15, 0.2) is 41.0 Å². The zero-order valence-corrected chi connectivity index (χ0v) is 15.0. The van der Waals surface area contributed by atoms with Crippen molar-refractivity contribution in [3.63, 3.8) is 0 Å². The van der Waals surface area contributed by atoms with Crippen LogP contribution in [0.4, 0.5) is 0 Å². The SMILES string of the molecule is Cc1cccc(CN2CCC3(CCCN(C(=O)c4ccco4)C3)C2=O)n1. The molecule has 0 bridgehead atoms. The Bertz CT molecular complexity index is 817. The molecule has 26 heavy (non-hydrogen) atoms. The number of carbonyl (C=O) groups is 2. The van der Waals surface area contributed by atoms with Gasteiger partial charge in [0.05, 0.1) is 23.9 Å². The minimum Gasteiger partial charge on any atom is -0.459 e. The predicted octanol–water partition coefficient (Wildman–Crippen LogP) is 2.64. The molecule has 2 aliphatic rings. The summed E-state index contributed by atoms with van der Waals surface area (Å²) < 4.78 is 5.24. The first-order valence-corrected chi connectivity index (χ1v) is 9.12. The van der Waals surface area contributed by atoms with Crippen LogP contribution in [0, 0.1) is 12.3 Å². The highest BCUT2D eigenvalue weighted by Crippen LogP contribution is 2.41. The molecule has 4 heterocycles. The van der Waals surface area contributed by atoms with E-state index < -0.39 is 5.41 Å². The minimum absolute atomic E-state index is 0.124. The Labute approximate surface area is 152 Å². The molecule has 2 saturated heterocycles. The third kappa shape index (κ3) is 3.00. The van der Waals surface area contributed by atoms with Crippen LogP contribution in [0.5, 0.6) is 0 Å². The fourth-order valence-corrected chi connectivity index (χ4v) is 4.17. The van der Waals surface area contributed by atoms with Crippen LogP contribution in [0.2, 0.25) is 0 Å². The Balaban J connectivity index is 1.48. The number of hydrogen-bond donors (Lipinski definition) is 0. The summed E-state index contributed by atoms with van der Waals surface area (Å²) >= 11 is 0. The van der Waals surface area contributed by atoms with E-state index in [0.29, 0.717) is 25.4 Å². The lowest BCUT2D eigenvalue weighted by Gasteiger charge is -2.38. The molecule has 136 valence electrons. The second kappa shape index (κ2) is 6.59. The number of furan rings is 1. The summed E-state index contributed by atoms with van der Waals surface area (Å²) in [4.78, 5) is 34.0. The number of nitrogens with zero attached hydrogens (tertiary/aromatic N) is 3. The van der Waals surface area contributed by atoms with Gasteiger partial charge in [0.25, 0.3) is 5.91 Å². The van der Waals surface area contributed by atoms with Gasteiger partial charge in [-0.2, -0.15) is 0 Å². The number of likely N-dealkylation sites (tertiary alicyclic amines) is 2. The molecule has 2 aliphatic heterocycles. The maximum atomic E-state index is 13.2. The van der Waals surface area contributed by atoms with E-state index in [4.69, 9.17) is 4.42 Å². The maximum Gasteiger partial charge on any atom is 0.289 e. The summed E-state index contributed by atoms with van der Waals surface area (Å²) in [5, 5.41) is 0. The van der Waals surface area contributed by atoms with E-state index in [1.54, 1.807) is 17.0 Å². The van der Waals surface area contributed by atoms with Crippen LogP contribution in [-0.4, -0.2) is 46.2 Å². The van der Waals surface area contributed by atoms with E-state index in [0.717, 1.165) is 37.2 Å². The molecule has 2 aromatic rings. The largest absolute Gasteiger partial charge is 0.459 e. The van der Waals surface area contributed by atoms with E-state index in [2.05, 4.69) is 4.98 Å². The highest BCUT2D eigenvalue weighted by atomic mass is 16.3. The molecule has 0 N–H and O–H groups in total. The van der Waals surface area contributed by atoms with E-state index in [9.17, 15) is 9.59 Å². The molecule has 6 heteroatoms. The van der Waals surface area contributed by atoms with Crippen molar-refractivity contribution in [2.75, 3.05) is 19.6 Å². The van der Waals surface area contributed by atoms with Crippen LogP contribution < -0.4 is 0 Å². The van der Waals surface area contributed by atoms with Gasteiger partial charge >= 0.3 is 0 Å². The fourth-order valence-electron chi connectivity index (χ4n) is 4.17. The van der Waals surface area contributed by atoms with Crippen molar-refractivity contribution in [1.29, 1.82) is 0 Å². The summed E-state index contributed by atoms with van der Waals surface area (Å²) in [6, 6.07) is 9.27. The van der Waals surface area contributed by atoms with Crippen LogP contribution >= 0.6 is 0 Å². The van der Waals surface area contributed by atoms with Gasteiger partial charge < -0.3 is 14.2 Å². The summed E-state index contributed by atoms with van der Waals surface area (Å²) in [6.07, 6.45) is 3.98. The Kier molecular flexibility index (Phi) is 4.26. The molecule has 2 aromatic heterocycles. The Morgan fingerprint density at radius 1 is 1.23 bits per heavy atom. The third-order valence-corrected chi connectivity index (χ3v) is 5.50. The van der Waals surface area contributed by atoms with Gasteiger partial charge in [-0.3, -0.25) is 14.6 Å². The van der Waals surface area contributed by atoms with E-state index in [-0.39, 0.29) is 11.8 Å². The fraction of sp³-hybridized carbons (Fsp3) is 0.450. The standard InChI is InChI=1S/C20H23N3O3/c1-15-5-2-6-16(21-15)13-22-11-9-20(19(22)25)8-4-10-23(14-20)18(24)17-7-3-12-26-17/h2-3,5-7,12H,4,8-11,13-14H2,1H3. The molecule has 0 aliphatic carbocycles. The number of rotatable bonds is 3. The van der Waals surface area contributed by atoms with Gasteiger partial charge in [-0.05, 0) is 50.5 Å². The zero-order chi connectivity index (χ0) is 18.1. The lowest BCUT2D eigenvalue weighted by molar-refractivity contribution is -0.138. The van der Waals surface area contributed by atoms with E-state index in [1.165, 1.54) is 6.26 Å². The van der Waals surface area contributed by atoms with Gasteiger partial charge in [-0.1, -0.05) is 6.07 Å². The number of pyridine rings is 1. The Morgan fingerprint density at radius 3 is 2.88 bits per heavy atom. The molecule has 1 atom stereocenters. The van der Waals surface area contributed by atoms with Crippen molar-refractivity contribution in [3.8, 4) is 0 Å². The number of aryl methyl sites for hydroxylation is 1. The molecule has 6 nitrogen and oxygen atoms in total. The lowest BCUT2D eigenvalue weighted by atomic mass is 9.78. The van der Waals surface area contributed by atoms with E-state index >= 15 is 0 Å². The van der Waals surface area contributed by atoms with Gasteiger partial charge in [0, 0.05) is 25.3 Å². The average molecular weight is 353 g/mol. The normalized spacial score (nSPS) is 23.0. The van der Waals surface area contributed by atoms with Gasteiger partial charge in [0.1, 0.15) is 0 Å². The number of aromatic nitrogens is 1. The summed E-state index contributed by atoms with van der Waals surface area (Å²) in [6.45, 7) is 4.36. The second-order valence-electron chi connectivity index (χ2n) is 7.33. The molecule has 1 spiro atoms. The van der Waals surface area contributed by atoms with Crippen LogP contribution in [-0.2, 0) is 11.3 Å². The molecule has 2 fully saturated rings. The Morgan fingerprint density at radius 2 is 2.12 bits per heavy atom. The number of amides is 2. The van der Waals surface area contributed by atoms with Gasteiger partial charge in [-0.25, -0.2) is 0 Å². The van der Waals surface area contributed by atoms with Crippen molar-refractivity contribution < 1.29 is 14.0 Å². The van der Waals surface area contributed by atoms with Gasteiger partial charge in [0.15, 0.2) is 5.76 Å².